The first-order valence-corrected chi connectivity index (χ1v) is 9.66. The smallest absolute Gasteiger partial charge is 0.0953 e. The lowest BCUT2D eigenvalue weighted by Gasteiger charge is -2.31. The Hall–Kier alpha value is -2.56. The molecule has 2 aromatic rings. The first kappa shape index (κ1) is 16.9. The van der Waals surface area contributed by atoms with Gasteiger partial charge >= 0.3 is 0 Å². The number of hydrogen-bond donors (Lipinski definition) is 3. The summed E-state index contributed by atoms with van der Waals surface area (Å²) in [7, 11) is 0. The number of nitrogens with zero attached hydrogens (tertiary/aromatic N) is 2. The standard InChI is InChI=1S/C21H27N5/c22-9-8-18-14-6-2-3-7-15(14)20-16(13-23)17(24)12-19(21(20)25-18)26-10-4-1-5-11-26/h8-9,12-13,23H,1-7,10-11,22,24H2/b9-8+,23-13?. The van der Waals surface area contributed by atoms with E-state index in [-0.39, 0.29) is 0 Å². The van der Waals surface area contributed by atoms with E-state index in [0.29, 0.717) is 5.69 Å². The monoisotopic (exact) mass is 349 g/mol. The van der Waals surface area contributed by atoms with Gasteiger partial charge in [0.05, 0.1) is 16.9 Å². The van der Waals surface area contributed by atoms with Crippen LogP contribution in [0.2, 0.25) is 0 Å². The van der Waals surface area contributed by atoms with Crippen LogP contribution in [0.15, 0.2) is 12.3 Å². The Morgan fingerprint density at radius 3 is 2.46 bits per heavy atom. The van der Waals surface area contributed by atoms with E-state index < -0.39 is 0 Å². The van der Waals surface area contributed by atoms with Crippen molar-refractivity contribution in [3.63, 3.8) is 0 Å². The van der Waals surface area contributed by atoms with Crippen molar-refractivity contribution < 1.29 is 0 Å². The van der Waals surface area contributed by atoms with Crippen molar-refractivity contribution in [3.05, 3.63) is 34.7 Å². The molecule has 0 bridgehead atoms. The van der Waals surface area contributed by atoms with E-state index in [0.717, 1.165) is 53.8 Å². The highest BCUT2D eigenvalue weighted by Gasteiger charge is 2.24. The minimum Gasteiger partial charge on any atom is -0.405 e. The van der Waals surface area contributed by atoms with Crippen molar-refractivity contribution in [3.8, 4) is 0 Å². The van der Waals surface area contributed by atoms with Gasteiger partial charge in [-0.05, 0) is 74.4 Å². The zero-order valence-electron chi connectivity index (χ0n) is 15.2. The van der Waals surface area contributed by atoms with E-state index in [9.17, 15) is 0 Å². The Bertz CT molecular complexity index is 878. The van der Waals surface area contributed by atoms with E-state index in [4.69, 9.17) is 21.9 Å². The highest BCUT2D eigenvalue weighted by molar-refractivity contribution is 6.09. The lowest BCUT2D eigenvalue weighted by molar-refractivity contribution is 0.579. The molecule has 0 amide bonds. The quantitative estimate of drug-likeness (QED) is 0.583. The molecule has 0 atom stereocenters. The van der Waals surface area contributed by atoms with Crippen molar-refractivity contribution in [1.29, 1.82) is 5.41 Å². The van der Waals surface area contributed by atoms with E-state index in [1.54, 1.807) is 6.20 Å². The van der Waals surface area contributed by atoms with Gasteiger partial charge in [0.15, 0.2) is 0 Å². The van der Waals surface area contributed by atoms with Crippen LogP contribution in [0.3, 0.4) is 0 Å². The number of aryl methyl sites for hydroxylation is 1. The van der Waals surface area contributed by atoms with Crippen molar-refractivity contribution in [2.45, 2.75) is 44.9 Å². The molecule has 0 radical (unpaired) electrons. The van der Waals surface area contributed by atoms with Crippen molar-refractivity contribution in [2.24, 2.45) is 5.73 Å². The molecule has 2 aliphatic rings. The number of benzene rings is 1. The zero-order valence-corrected chi connectivity index (χ0v) is 15.2. The highest BCUT2D eigenvalue weighted by atomic mass is 15.1. The fraction of sp³-hybridized carbons (Fsp3) is 0.429. The summed E-state index contributed by atoms with van der Waals surface area (Å²) in [5, 5.41) is 9.04. The van der Waals surface area contributed by atoms with E-state index in [1.807, 2.05) is 12.1 Å². The summed E-state index contributed by atoms with van der Waals surface area (Å²) in [6, 6.07) is 2.02. The number of pyridine rings is 1. The lowest BCUT2D eigenvalue weighted by Crippen LogP contribution is -2.30. The number of nitrogens with one attached hydrogen (secondary N) is 1. The van der Waals surface area contributed by atoms with E-state index in [2.05, 4.69) is 4.90 Å². The summed E-state index contributed by atoms with van der Waals surface area (Å²) in [6.45, 7) is 2.08. The normalized spacial score (nSPS) is 17.6. The Morgan fingerprint density at radius 1 is 1.04 bits per heavy atom. The Labute approximate surface area is 154 Å². The first-order chi connectivity index (χ1) is 12.7. The number of fused-ring (bicyclic) bond motifs is 3. The van der Waals surface area contributed by atoms with Gasteiger partial charge in [0.25, 0.3) is 0 Å². The largest absolute Gasteiger partial charge is 0.405 e. The Balaban J connectivity index is 2.06. The van der Waals surface area contributed by atoms with Gasteiger partial charge in [-0.2, -0.15) is 0 Å². The van der Waals surface area contributed by atoms with Crippen molar-refractivity contribution in [1.82, 2.24) is 4.98 Å². The molecular formula is C21H27N5. The summed E-state index contributed by atoms with van der Waals surface area (Å²) < 4.78 is 0. The fourth-order valence-corrected chi connectivity index (χ4v) is 4.52. The number of aromatic nitrogens is 1. The highest BCUT2D eigenvalue weighted by Crippen LogP contribution is 2.39. The molecule has 5 heteroatoms. The predicted octanol–water partition coefficient (Wildman–Crippen LogP) is 3.61. The molecule has 136 valence electrons. The number of nitrogens with two attached hydrogens (primary N) is 2. The van der Waals surface area contributed by atoms with Crippen LogP contribution in [0, 0.1) is 5.41 Å². The van der Waals surface area contributed by atoms with Gasteiger partial charge in [-0.3, -0.25) is 0 Å². The van der Waals surface area contributed by atoms with E-state index in [1.165, 1.54) is 49.4 Å². The molecule has 5 nitrogen and oxygen atoms in total. The molecule has 1 aliphatic carbocycles. The molecule has 0 unspecified atom stereocenters. The van der Waals surface area contributed by atoms with Crippen LogP contribution in [0.4, 0.5) is 11.4 Å². The first-order valence-electron chi connectivity index (χ1n) is 9.66. The summed E-state index contributed by atoms with van der Waals surface area (Å²) in [6.07, 6.45) is 13.0. The Kier molecular flexibility index (Phi) is 4.53. The summed E-state index contributed by atoms with van der Waals surface area (Å²) >= 11 is 0. The molecule has 4 rings (SSSR count). The fourth-order valence-electron chi connectivity index (χ4n) is 4.52. The van der Waals surface area contributed by atoms with Crippen LogP contribution in [-0.2, 0) is 12.8 Å². The van der Waals surface area contributed by atoms with Crippen LogP contribution in [0.25, 0.3) is 17.0 Å². The third kappa shape index (κ3) is 2.71. The third-order valence-electron chi connectivity index (χ3n) is 5.76. The molecule has 1 aromatic heterocycles. The molecule has 1 aromatic carbocycles. The average molecular weight is 349 g/mol. The Morgan fingerprint density at radius 2 is 1.77 bits per heavy atom. The second-order valence-electron chi connectivity index (χ2n) is 7.33. The summed E-state index contributed by atoms with van der Waals surface area (Å²) in [5.41, 5.74) is 19.3. The molecule has 5 N–H and O–H groups in total. The number of nitrogen functional groups attached to an aromatic ring is 1. The number of rotatable bonds is 3. The summed E-state index contributed by atoms with van der Waals surface area (Å²) in [4.78, 5) is 7.45. The van der Waals surface area contributed by atoms with Gasteiger partial charge in [0.2, 0.25) is 0 Å². The molecule has 1 saturated heterocycles. The number of hydrogen-bond acceptors (Lipinski definition) is 5. The van der Waals surface area contributed by atoms with Gasteiger partial charge in [-0.25, -0.2) is 4.98 Å². The number of anilines is 2. The molecule has 1 aliphatic heterocycles. The molecule has 1 fully saturated rings. The predicted molar refractivity (Wildman–Crippen MR) is 110 cm³/mol. The van der Waals surface area contributed by atoms with Gasteiger partial charge in [0, 0.05) is 35.9 Å². The maximum Gasteiger partial charge on any atom is 0.0953 e. The van der Waals surface area contributed by atoms with E-state index >= 15 is 0 Å². The van der Waals surface area contributed by atoms with Gasteiger partial charge in [-0.1, -0.05) is 0 Å². The second kappa shape index (κ2) is 6.98. The second-order valence-corrected chi connectivity index (χ2v) is 7.33. The molecule has 26 heavy (non-hydrogen) atoms. The third-order valence-corrected chi connectivity index (χ3v) is 5.76. The van der Waals surface area contributed by atoms with Crippen molar-refractivity contribution >= 4 is 34.6 Å². The summed E-state index contributed by atoms with van der Waals surface area (Å²) in [5.74, 6) is 0. The SMILES string of the molecule is N=Cc1c(N)cc(N2CCCCC2)c2nc(/C=C/N)c3c(c12)CCCC3. The van der Waals surface area contributed by atoms with Crippen LogP contribution in [0.1, 0.15) is 54.5 Å². The molecule has 0 saturated carbocycles. The lowest BCUT2D eigenvalue weighted by atomic mass is 9.85. The average Bonchev–Trinajstić information content (AvgIpc) is 2.69. The molecule has 0 spiro atoms. The maximum absolute atomic E-state index is 7.95. The van der Waals surface area contributed by atoms with Gasteiger partial charge in [-0.15, -0.1) is 0 Å². The minimum atomic E-state index is 0.685. The van der Waals surface area contributed by atoms with Gasteiger partial charge < -0.3 is 21.8 Å². The zero-order chi connectivity index (χ0) is 18.1. The number of piperidine rings is 1. The van der Waals surface area contributed by atoms with Crippen LogP contribution < -0.4 is 16.4 Å². The van der Waals surface area contributed by atoms with Crippen LogP contribution in [-0.4, -0.2) is 24.3 Å². The molecular weight excluding hydrogens is 322 g/mol. The minimum absolute atomic E-state index is 0.685. The van der Waals surface area contributed by atoms with Crippen molar-refractivity contribution in [2.75, 3.05) is 23.7 Å². The van der Waals surface area contributed by atoms with Crippen LogP contribution in [0.5, 0.6) is 0 Å². The van der Waals surface area contributed by atoms with Gasteiger partial charge in [0.1, 0.15) is 0 Å². The topological polar surface area (TPSA) is 92.0 Å². The maximum atomic E-state index is 7.95. The van der Waals surface area contributed by atoms with Crippen LogP contribution >= 0.6 is 0 Å². The molecule has 2 heterocycles.